The van der Waals surface area contributed by atoms with Crippen LogP contribution in [0, 0.1) is 0 Å². The van der Waals surface area contributed by atoms with Crippen LogP contribution in [0.4, 0.5) is 0 Å². The Hall–Kier alpha value is -1.51. The summed E-state index contributed by atoms with van der Waals surface area (Å²) in [6, 6.07) is 6.18. The van der Waals surface area contributed by atoms with Gasteiger partial charge in [0.15, 0.2) is 0 Å². The van der Waals surface area contributed by atoms with Crippen LogP contribution in [-0.4, -0.2) is 30.0 Å². The molecule has 3 heteroatoms. The highest BCUT2D eigenvalue weighted by molar-refractivity contribution is 5.93. The molecule has 0 fully saturated rings. The second kappa shape index (κ2) is 3.26. The Morgan fingerprint density at radius 2 is 1.75 bits per heavy atom. The lowest BCUT2D eigenvalue weighted by Gasteiger charge is -2.09. The van der Waals surface area contributed by atoms with E-state index in [9.17, 15) is 4.79 Å². The Morgan fingerprint density at radius 1 is 1.25 bits per heavy atom. The zero-order valence-electron chi connectivity index (χ0n) is 7.11. The summed E-state index contributed by atoms with van der Waals surface area (Å²) in [4.78, 5) is 12.8. The summed E-state index contributed by atoms with van der Waals surface area (Å²) in [7, 11) is 3.38. The van der Waals surface area contributed by atoms with Crippen molar-refractivity contribution in [2.75, 3.05) is 14.1 Å². The van der Waals surface area contributed by atoms with Gasteiger partial charge in [-0.2, -0.15) is 0 Å². The molecule has 0 atom stereocenters. The van der Waals surface area contributed by atoms with E-state index in [1.165, 1.54) is 17.0 Å². The van der Waals surface area contributed by atoms with Crippen LogP contribution in [0.5, 0.6) is 5.75 Å². The smallest absolute Gasteiger partial charge is 0.253 e. The molecule has 1 aromatic rings. The monoisotopic (exact) mass is 165 g/mol. The molecule has 0 aliphatic rings. The number of amides is 1. The first-order valence-corrected chi connectivity index (χ1v) is 3.62. The van der Waals surface area contributed by atoms with Crippen molar-refractivity contribution in [2.45, 2.75) is 0 Å². The third kappa shape index (κ3) is 1.75. The number of hydrogen-bond donors (Lipinski definition) is 1. The first-order chi connectivity index (χ1) is 5.61. The molecule has 3 nitrogen and oxygen atoms in total. The largest absolute Gasteiger partial charge is 0.508 e. The first kappa shape index (κ1) is 8.59. The van der Waals surface area contributed by atoms with Gasteiger partial charge in [0.2, 0.25) is 0 Å². The molecule has 12 heavy (non-hydrogen) atoms. The number of aromatic hydroxyl groups is 1. The van der Waals surface area contributed by atoms with E-state index < -0.39 is 0 Å². The summed E-state index contributed by atoms with van der Waals surface area (Å²) in [5.74, 6) is 0.111. The van der Waals surface area contributed by atoms with Crippen LogP contribution < -0.4 is 0 Å². The van der Waals surface area contributed by atoms with Crippen LogP contribution in [0.15, 0.2) is 24.3 Å². The van der Waals surface area contributed by atoms with E-state index in [1.807, 2.05) is 0 Å². The summed E-state index contributed by atoms with van der Waals surface area (Å²) in [5.41, 5.74) is 0.581. The van der Waals surface area contributed by atoms with Gasteiger partial charge in [-0.1, -0.05) is 0 Å². The fourth-order valence-electron chi connectivity index (χ4n) is 0.862. The van der Waals surface area contributed by atoms with Crippen LogP contribution in [0.25, 0.3) is 0 Å². The van der Waals surface area contributed by atoms with Crippen molar-refractivity contribution in [1.82, 2.24) is 4.90 Å². The lowest BCUT2D eigenvalue weighted by molar-refractivity contribution is 0.0827. The van der Waals surface area contributed by atoms with Gasteiger partial charge in [-0.3, -0.25) is 4.79 Å². The van der Waals surface area contributed by atoms with E-state index in [2.05, 4.69) is 0 Å². The number of phenols is 1. The lowest BCUT2D eigenvalue weighted by atomic mass is 10.2. The van der Waals surface area contributed by atoms with Crippen molar-refractivity contribution in [1.29, 1.82) is 0 Å². The normalized spacial score (nSPS) is 9.50. The molecular weight excluding hydrogens is 154 g/mol. The average Bonchev–Trinajstić information content (AvgIpc) is 2.04. The van der Waals surface area contributed by atoms with E-state index in [0.29, 0.717) is 5.56 Å². The molecule has 0 radical (unpaired) electrons. The molecule has 1 N–H and O–H groups in total. The third-order valence-electron chi connectivity index (χ3n) is 1.52. The number of carbonyl (C=O) groups is 1. The van der Waals surface area contributed by atoms with E-state index in [-0.39, 0.29) is 11.7 Å². The van der Waals surface area contributed by atoms with Crippen molar-refractivity contribution in [3.05, 3.63) is 29.8 Å². The second-order valence-electron chi connectivity index (χ2n) is 2.75. The Balaban J connectivity index is 2.90. The molecule has 64 valence electrons. The molecule has 0 saturated carbocycles. The van der Waals surface area contributed by atoms with E-state index in [0.717, 1.165) is 0 Å². The van der Waals surface area contributed by atoms with Crippen molar-refractivity contribution >= 4 is 5.91 Å². The highest BCUT2D eigenvalue weighted by Crippen LogP contribution is 2.10. The molecule has 1 aromatic carbocycles. The minimum absolute atomic E-state index is 0.0602. The highest BCUT2D eigenvalue weighted by Gasteiger charge is 2.06. The highest BCUT2D eigenvalue weighted by atomic mass is 16.3. The maximum Gasteiger partial charge on any atom is 0.253 e. The van der Waals surface area contributed by atoms with Crippen molar-refractivity contribution in [3.8, 4) is 5.75 Å². The first-order valence-electron chi connectivity index (χ1n) is 3.62. The van der Waals surface area contributed by atoms with Crippen LogP contribution in [0.3, 0.4) is 0 Å². The van der Waals surface area contributed by atoms with Crippen molar-refractivity contribution in [3.63, 3.8) is 0 Å². The molecule has 1 rings (SSSR count). The predicted molar refractivity (Wildman–Crippen MR) is 46.1 cm³/mol. The van der Waals surface area contributed by atoms with Gasteiger partial charge in [0.05, 0.1) is 0 Å². The fourth-order valence-corrected chi connectivity index (χ4v) is 0.862. The molecule has 0 unspecified atom stereocenters. The van der Waals surface area contributed by atoms with E-state index >= 15 is 0 Å². The Bertz CT molecular complexity index is 277. The van der Waals surface area contributed by atoms with Crippen LogP contribution in [0.1, 0.15) is 10.4 Å². The maximum absolute atomic E-state index is 11.3. The van der Waals surface area contributed by atoms with Gasteiger partial charge in [-0.05, 0) is 24.3 Å². The predicted octanol–water partition coefficient (Wildman–Crippen LogP) is 1.09. The Labute approximate surface area is 71.2 Å². The van der Waals surface area contributed by atoms with Gasteiger partial charge >= 0.3 is 0 Å². The molecule has 0 spiro atoms. The van der Waals surface area contributed by atoms with Gasteiger partial charge in [0.1, 0.15) is 5.75 Å². The molecular formula is C9H11NO2. The van der Waals surface area contributed by atoms with E-state index in [4.69, 9.17) is 5.11 Å². The molecule has 0 heterocycles. The molecule has 0 aromatic heterocycles. The van der Waals surface area contributed by atoms with Crippen LogP contribution in [-0.2, 0) is 0 Å². The number of carbonyl (C=O) groups excluding carboxylic acids is 1. The number of benzene rings is 1. The summed E-state index contributed by atoms with van der Waals surface area (Å²) in [6.07, 6.45) is 0. The number of nitrogens with zero attached hydrogens (tertiary/aromatic N) is 1. The summed E-state index contributed by atoms with van der Waals surface area (Å²) in [6.45, 7) is 0. The lowest BCUT2D eigenvalue weighted by Crippen LogP contribution is -2.21. The molecule has 0 saturated heterocycles. The number of hydrogen-bond acceptors (Lipinski definition) is 2. The maximum atomic E-state index is 11.3. The van der Waals surface area contributed by atoms with Crippen LogP contribution >= 0.6 is 0 Å². The standard InChI is InChI=1S/C9H11NO2/c1-10(2)9(12)7-3-5-8(11)6-4-7/h3-6,11H,1-2H3. The van der Waals surface area contributed by atoms with Gasteiger partial charge < -0.3 is 10.0 Å². The van der Waals surface area contributed by atoms with E-state index in [1.54, 1.807) is 26.2 Å². The second-order valence-corrected chi connectivity index (χ2v) is 2.75. The van der Waals surface area contributed by atoms with Gasteiger partial charge in [0, 0.05) is 19.7 Å². The Morgan fingerprint density at radius 3 is 2.17 bits per heavy atom. The average molecular weight is 165 g/mol. The third-order valence-corrected chi connectivity index (χ3v) is 1.52. The van der Waals surface area contributed by atoms with Gasteiger partial charge in [-0.15, -0.1) is 0 Å². The van der Waals surface area contributed by atoms with Crippen molar-refractivity contribution in [2.24, 2.45) is 0 Å². The summed E-state index contributed by atoms with van der Waals surface area (Å²) in [5, 5.41) is 8.95. The quantitative estimate of drug-likeness (QED) is 0.676. The molecule has 0 aliphatic carbocycles. The molecule has 0 aliphatic heterocycles. The van der Waals surface area contributed by atoms with Crippen LogP contribution in [0.2, 0.25) is 0 Å². The van der Waals surface area contributed by atoms with Crippen molar-refractivity contribution < 1.29 is 9.90 Å². The zero-order valence-corrected chi connectivity index (χ0v) is 7.11. The zero-order chi connectivity index (χ0) is 9.14. The minimum Gasteiger partial charge on any atom is -0.508 e. The summed E-state index contributed by atoms with van der Waals surface area (Å²) >= 11 is 0. The Kier molecular flexibility index (Phi) is 2.33. The summed E-state index contributed by atoms with van der Waals surface area (Å²) < 4.78 is 0. The molecule has 0 bridgehead atoms. The van der Waals surface area contributed by atoms with Gasteiger partial charge in [0.25, 0.3) is 5.91 Å². The topological polar surface area (TPSA) is 40.5 Å². The fraction of sp³-hybridized carbons (Fsp3) is 0.222. The van der Waals surface area contributed by atoms with Gasteiger partial charge in [-0.25, -0.2) is 0 Å². The SMILES string of the molecule is CN(C)C(=O)c1ccc(O)cc1. The number of rotatable bonds is 1. The molecule has 1 amide bonds. The number of phenolic OH excluding ortho intramolecular Hbond substituents is 1. The minimum atomic E-state index is -0.0602.